The van der Waals surface area contributed by atoms with Crippen molar-refractivity contribution in [3.8, 4) is 0 Å². The smallest absolute Gasteiger partial charge is 0.145 e. The Hall–Kier alpha value is -1.36. The second-order valence-electron chi connectivity index (χ2n) is 4.78. The van der Waals surface area contributed by atoms with E-state index in [2.05, 4.69) is 34.1 Å². The Morgan fingerprint density at radius 1 is 1.41 bits per heavy atom. The first kappa shape index (κ1) is 12.1. The lowest BCUT2D eigenvalue weighted by Gasteiger charge is -2.26. The van der Waals surface area contributed by atoms with Crippen LogP contribution in [0.1, 0.15) is 33.1 Å². The summed E-state index contributed by atoms with van der Waals surface area (Å²) in [7, 11) is 0. The lowest BCUT2D eigenvalue weighted by atomic mass is 9.82. The first-order valence-corrected chi connectivity index (χ1v) is 6.26. The van der Waals surface area contributed by atoms with E-state index in [9.17, 15) is 0 Å². The van der Waals surface area contributed by atoms with Crippen molar-refractivity contribution in [1.82, 2.24) is 9.97 Å². The highest BCUT2D eigenvalue weighted by atomic mass is 15.3. The second kappa shape index (κ2) is 4.87. The maximum atomic E-state index is 5.36. The molecule has 1 fully saturated rings. The van der Waals surface area contributed by atoms with Gasteiger partial charge in [0.15, 0.2) is 0 Å². The van der Waals surface area contributed by atoms with Gasteiger partial charge in [-0.15, -0.1) is 0 Å². The molecule has 2 rings (SSSR count). The third-order valence-electron chi connectivity index (χ3n) is 4.06. The maximum Gasteiger partial charge on any atom is 0.145 e. The summed E-state index contributed by atoms with van der Waals surface area (Å²) < 4.78 is 0. The van der Waals surface area contributed by atoms with Crippen LogP contribution in [-0.2, 0) is 0 Å². The Labute approximate surface area is 102 Å². The number of nitrogens with zero attached hydrogens (tertiary/aromatic N) is 3. The summed E-state index contributed by atoms with van der Waals surface area (Å²) in [6, 6.07) is 1.90. The van der Waals surface area contributed by atoms with Gasteiger partial charge in [0.1, 0.15) is 18.0 Å². The standard InChI is InChI=1S/C12H21N5/c1-3-12(4-2)5-6-17(8-12)11-7-10(16-13)14-9-15-11/h7,9H,3-6,8,13H2,1-2H3,(H,14,15,16). The zero-order valence-electron chi connectivity index (χ0n) is 10.6. The zero-order valence-corrected chi connectivity index (χ0v) is 10.6. The fourth-order valence-corrected chi connectivity index (χ4v) is 2.56. The molecular weight excluding hydrogens is 214 g/mol. The van der Waals surface area contributed by atoms with Gasteiger partial charge < -0.3 is 10.3 Å². The van der Waals surface area contributed by atoms with Crippen molar-refractivity contribution in [2.75, 3.05) is 23.4 Å². The van der Waals surface area contributed by atoms with Crippen LogP contribution in [0.5, 0.6) is 0 Å². The molecule has 1 aliphatic heterocycles. The summed E-state index contributed by atoms with van der Waals surface area (Å²) in [5, 5.41) is 0. The van der Waals surface area contributed by atoms with Crippen molar-refractivity contribution in [2.24, 2.45) is 11.3 Å². The van der Waals surface area contributed by atoms with Gasteiger partial charge in [0.25, 0.3) is 0 Å². The zero-order chi connectivity index (χ0) is 12.3. The van der Waals surface area contributed by atoms with Gasteiger partial charge in [-0.05, 0) is 24.7 Å². The fourth-order valence-electron chi connectivity index (χ4n) is 2.56. The van der Waals surface area contributed by atoms with Crippen LogP contribution >= 0.6 is 0 Å². The highest BCUT2D eigenvalue weighted by molar-refractivity contribution is 5.48. The number of aromatic nitrogens is 2. The van der Waals surface area contributed by atoms with Crippen LogP contribution in [0.3, 0.4) is 0 Å². The molecule has 0 spiro atoms. The third-order valence-corrected chi connectivity index (χ3v) is 4.06. The monoisotopic (exact) mass is 235 g/mol. The van der Waals surface area contributed by atoms with Crippen LogP contribution in [0, 0.1) is 5.41 Å². The van der Waals surface area contributed by atoms with Crippen LogP contribution in [0.25, 0.3) is 0 Å². The molecule has 0 bridgehead atoms. The Kier molecular flexibility index (Phi) is 3.47. The Morgan fingerprint density at radius 3 is 2.76 bits per heavy atom. The van der Waals surface area contributed by atoms with E-state index >= 15 is 0 Å². The van der Waals surface area contributed by atoms with Gasteiger partial charge in [-0.1, -0.05) is 13.8 Å². The molecule has 2 heterocycles. The van der Waals surface area contributed by atoms with E-state index in [1.54, 1.807) is 6.33 Å². The predicted octanol–water partition coefficient (Wildman–Crippen LogP) is 1.78. The molecule has 0 aliphatic carbocycles. The minimum Gasteiger partial charge on any atom is -0.356 e. The first-order valence-electron chi connectivity index (χ1n) is 6.26. The molecule has 1 aliphatic rings. The lowest BCUT2D eigenvalue weighted by Crippen LogP contribution is -2.27. The number of nitrogens with one attached hydrogen (secondary N) is 1. The second-order valence-corrected chi connectivity index (χ2v) is 4.78. The molecule has 0 atom stereocenters. The molecular formula is C12H21N5. The minimum absolute atomic E-state index is 0.460. The largest absolute Gasteiger partial charge is 0.356 e. The van der Waals surface area contributed by atoms with Crippen molar-refractivity contribution >= 4 is 11.6 Å². The quantitative estimate of drug-likeness (QED) is 0.615. The molecule has 1 aromatic heterocycles. The van der Waals surface area contributed by atoms with Gasteiger partial charge in [0.2, 0.25) is 0 Å². The number of nitrogens with two attached hydrogens (primary N) is 1. The van der Waals surface area contributed by atoms with Gasteiger partial charge in [-0.2, -0.15) is 0 Å². The number of hydrazine groups is 1. The van der Waals surface area contributed by atoms with Crippen LogP contribution in [-0.4, -0.2) is 23.1 Å². The number of rotatable bonds is 4. The van der Waals surface area contributed by atoms with Crippen LogP contribution in [0.15, 0.2) is 12.4 Å². The van der Waals surface area contributed by atoms with Crippen molar-refractivity contribution in [1.29, 1.82) is 0 Å². The van der Waals surface area contributed by atoms with E-state index in [-0.39, 0.29) is 0 Å². The highest BCUT2D eigenvalue weighted by Crippen LogP contribution is 2.38. The van der Waals surface area contributed by atoms with Gasteiger partial charge >= 0.3 is 0 Å². The minimum atomic E-state index is 0.460. The molecule has 17 heavy (non-hydrogen) atoms. The molecule has 0 unspecified atom stereocenters. The van der Waals surface area contributed by atoms with Gasteiger partial charge in [0.05, 0.1) is 0 Å². The van der Waals surface area contributed by atoms with Crippen molar-refractivity contribution in [3.05, 3.63) is 12.4 Å². The molecule has 0 saturated carbocycles. The summed E-state index contributed by atoms with van der Waals surface area (Å²) in [4.78, 5) is 10.7. The Balaban J connectivity index is 2.14. The van der Waals surface area contributed by atoms with Crippen LogP contribution < -0.4 is 16.2 Å². The normalized spacial score (nSPS) is 18.4. The van der Waals surface area contributed by atoms with Gasteiger partial charge in [-0.3, -0.25) is 0 Å². The van der Waals surface area contributed by atoms with E-state index in [1.165, 1.54) is 19.3 Å². The molecule has 0 aromatic carbocycles. The number of hydrogen-bond donors (Lipinski definition) is 2. The van der Waals surface area contributed by atoms with Crippen molar-refractivity contribution in [3.63, 3.8) is 0 Å². The average molecular weight is 235 g/mol. The molecule has 0 amide bonds. The Bertz CT molecular complexity index is 375. The lowest BCUT2D eigenvalue weighted by molar-refractivity contribution is 0.301. The average Bonchev–Trinajstić information content (AvgIpc) is 2.84. The number of hydrogen-bond acceptors (Lipinski definition) is 5. The highest BCUT2D eigenvalue weighted by Gasteiger charge is 2.35. The van der Waals surface area contributed by atoms with Crippen molar-refractivity contribution in [2.45, 2.75) is 33.1 Å². The predicted molar refractivity (Wildman–Crippen MR) is 69.7 cm³/mol. The van der Waals surface area contributed by atoms with Crippen LogP contribution in [0.2, 0.25) is 0 Å². The van der Waals surface area contributed by atoms with E-state index in [4.69, 9.17) is 5.84 Å². The third kappa shape index (κ3) is 2.34. The van der Waals surface area contributed by atoms with E-state index in [0.717, 1.165) is 18.9 Å². The van der Waals surface area contributed by atoms with Gasteiger partial charge in [0, 0.05) is 19.2 Å². The van der Waals surface area contributed by atoms with E-state index in [0.29, 0.717) is 11.2 Å². The van der Waals surface area contributed by atoms with E-state index < -0.39 is 0 Å². The van der Waals surface area contributed by atoms with Crippen LogP contribution in [0.4, 0.5) is 11.6 Å². The van der Waals surface area contributed by atoms with Gasteiger partial charge in [-0.25, -0.2) is 15.8 Å². The molecule has 1 aromatic rings. The summed E-state index contributed by atoms with van der Waals surface area (Å²) in [6.45, 7) is 6.71. The molecule has 1 saturated heterocycles. The topological polar surface area (TPSA) is 67.1 Å². The molecule has 94 valence electrons. The molecule has 5 nitrogen and oxygen atoms in total. The first-order chi connectivity index (χ1) is 8.23. The molecule has 3 N–H and O–H groups in total. The molecule has 0 radical (unpaired) electrons. The SMILES string of the molecule is CCC1(CC)CCN(c2cc(NN)ncn2)C1. The van der Waals surface area contributed by atoms with E-state index in [1.807, 2.05) is 6.07 Å². The summed E-state index contributed by atoms with van der Waals surface area (Å²) >= 11 is 0. The number of anilines is 2. The summed E-state index contributed by atoms with van der Waals surface area (Å²) in [5.74, 6) is 7.00. The number of nitrogen functional groups attached to an aromatic ring is 1. The summed E-state index contributed by atoms with van der Waals surface area (Å²) in [6.07, 6.45) is 5.26. The molecule has 5 heteroatoms. The maximum absolute atomic E-state index is 5.36. The fraction of sp³-hybridized carbons (Fsp3) is 0.667. The Morgan fingerprint density at radius 2 is 2.18 bits per heavy atom. The summed E-state index contributed by atoms with van der Waals surface area (Å²) in [5.41, 5.74) is 3.02. The van der Waals surface area contributed by atoms with Crippen molar-refractivity contribution < 1.29 is 0 Å².